The number of nitrogens with zero attached hydrogens (tertiary/aromatic N) is 2. The van der Waals surface area contributed by atoms with Crippen LogP contribution in [0.3, 0.4) is 0 Å². The largest absolute Gasteiger partial charge is 0.346 e. The van der Waals surface area contributed by atoms with Crippen molar-refractivity contribution in [2.75, 3.05) is 5.32 Å². The molecule has 0 spiro atoms. The van der Waals surface area contributed by atoms with Crippen molar-refractivity contribution in [1.82, 2.24) is 9.55 Å². The summed E-state index contributed by atoms with van der Waals surface area (Å²) < 4.78 is 2.09. The third-order valence-electron chi connectivity index (χ3n) is 4.14. The van der Waals surface area contributed by atoms with Gasteiger partial charge in [0.25, 0.3) is 0 Å². The molecule has 1 atom stereocenters. The second kappa shape index (κ2) is 6.29. The van der Waals surface area contributed by atoms with Crippen LogP contribution in [-0.2, 0) is 17.6 Å². The molecule has 3 aromatic heterocycles. The normalized spacial score (nSPS) is 14.6. The van der Waals surface area contributed by atoms with Crippen LogP contribution < -0.4 is 5.32 Å². The highest BCUT2D eigenvalue weighted by atomic mass is 32.1. The summed E-state index contributed by atoms with van der Waals surface area (Å²) in [5.74, 6) is 0.0160. The molecule has 0 fully saturated rings. The van der Waals surface area contributed by atoms with Gasteiger partial charge in [-0.3, -0.25) is 4.79 Å². The van der Waals surface area contributed by atoms with E-state index in [2.05, 4.69) is 31.7 Å². The van der Waals surface area contributed by atoms with Gasteiger partial charge in [0, 0.05) is 17.3 Å². The van der Waals surface area contributed by atoms with Gasteiger partial charge in [0.2, 0.25) is 5.91 Å². The van der Waals surface area contributed by atoms with Crippen molar-refractivity contribution in [3.8, 4) is 0 Å². The van der Waals surface area contributed by atoms with Crippen molar-refractivity contribution >= 4 is 33.7 Å². The van der Waals surface area contributed by atoms with E-state index in [0.717, 1.165) is 18.0 Å². The highest BCUT2D eigenvalue weighted by Crippen LogP contribution is 2.31. The molecule has 0 radical (unpaired) electrons. The lowest BCUT2D eigenvalue weighted by molar-refractivity contribution is -0.116. The molecule has 4 rings (SSSR count). The summed E-state index contributed by atoms with van der Waals surface area (Å²) in [5, 5.41) is 7.89. The summed E-state index contributed by atoms with van der Waals surface area (Å²) in [4.78, 5) is 18.4. The Morgan fingerprint density at radius 2 is 2.22 bits per heavy atom. The molecule has 118 valence electrons. The van der Waals surface area contributed by atoms with Gasteiger partial charge in [-0.05, 0) is 53.8 Å². The third-order valence-corrected chi connectivity index (χ3v) is 5.91. The minimum Gasteiger partial charge on any atom is -0.346 e. The maximum atomic E-state index is 12.5. The van der Waals surface area contributed by atoms with Gasteiger partial charge >= 0.3 is 0 Å². The lowest BCUT2D eigenvalue weighted by atomic mass is 10.1. The fraction of sp³-hybridized carbons (Fsp3) is 0.294. The van der Waals surface area contributed by atoms with Crippen molar-refractivity contribution < 1.29 is 4.79 Å². The molecule has 6 heteroatoms. The van der Waals surface area contributed by atoms with E-state index < -0.39 is 0 Å². The molecular formula is C17H17N3OS2. The number of rotatable bonds is 5. The fourth-order valence-corrected chi connectivity index (χ4v) is 4.78. The predicted molar refractivity (Wildman–Crippen MR) is 94.3 cm³/mol. The van der Waals surface area contributed by atoms with Gasteiger partial charge in [-0.2, -0.15) is 11.3 Å². The first-order valence-electron chi connectivity index (χ1n) is 7.72. The van der Waals surface area contributed by atoms with Gasteiger partial charge in [0.1, 0.15) is 0 Å². The fourth-order valence-electron chi connectivity index (χ4n) is 3.01. The maximum absolute atomic E-state index is 12.5. The zero-order valence-electron chi connectivity index (χ0n) is 12.6. The van der Waals surface area contributed by atoms with E-state index in [1.807, 2.05) is 24.5 Å². The van der Waals surface area contributed by atoms with Gasteiger partial charge in [-0.25, -0.2) is 4.98 Å². The number of anilines is 1. The number of amides is 1. The van der Waals surface area contributed by atoms with Crippen molar-refractivity contribution in [3.63, 3.8) is 0 Å². The summed E-state index contributed by atoms with van der Waals surface area (Å²) in [7, 11) is 0. The molecule has 4 nitrogen and oxygen atoms in total. The van der Waals surface area contributed by atoms with Gasteiger partial charge < -0.3 is 9.88 Å². The number of carbonyl (C=O) groups is 1. The molecule has 1 aliphatic rings. The van der Waals surface area contributed by atoms with E-state index in [1.165, 1.54) is 22.6 Å². The van der Waals surface area contributed by atoms with E-state index >= 15 is 0 Å². The van der Waals surface area contributed by atoms with Gasteiger partial charge in [0.05, 0.1) is 18.2 Å². The number of fused-ring (bicyclic) bond motifs is 1. The molecule has 1 amide bonds. The van der Waals surface area contributed by atoms with Crippen molar-refractivity contribution in [1.29, 1.82) is 0 Å². The molecule has 1 unspecified atom stereocenters. The number of aromatic nitrogens is 2. The number of aryl methyl sites for hydroxylation is 2. The van der Waals surface area contributed by atoms with Crippen molar-refractivity contribution in [3.05, 3.63) is 57.5 Å². The lowest BCUT2D eigenvalue weighted by Gasteiger charge is -2.17. The Morgan fingerprint density at radius 3 is 2.96 bits per heavy atom. The predicted octanol–water partition coefficient (Wildman–Crippen LogP) is 4.11. The van der Waals surface area contributed by atoms with Crippen LogP contribution in [0, 0.1) is 0 Å². The smallest absolute Gasteiger partial charge is 0.228 e. The van der Waals surface area contributed by atoms with Gasteiger partial charge in [-0.15, -0.1) is 11.3 Å². The molecule has 3 aromatic rings. The van der Waals surface area contributed by atoms with Crippen LogP contribution in [0.2, 0.25) is 0 Å². The summed E-state index contributed by atoms with van der Waals surface area (Å²) in [6.07, 6.45) is 7.76. The van der Waals surface area contributed by atoms with Crippen molar-refractivity contribution in [2.24, 2.45) is 0 Å². The number of thiazole rings is 1. The SMILES string of the molecule is O=C(CC(c1ccsc1)n1cccc1)Nc1nc2c(s1)CCC2. The van der Waals surface area contributed by atoms with Crippen LogP contribution in [0.4, 0.5) is 5.13 Å². The van der Waals surface area contributed by atoms with E-state index in [0.29, 0.717) is 6.42 Å². The third kappa shape index (κ3) is 3.09. The summed E-state index contributed by atoms with van der Waals surface area (Å²) in [5.41, 5.74) is 2.34. The first-order valence-corrected chi connectivity index (χ1v) is 9.48. The first-order chi connectivity index (χ1) is 11.3. The summed E-state index contributed by atoms with van der Waals surface area (Å²) in [6.45, 7) is 0. The molecule has 0 saturated carbocycles. The van der Waals surface area contributed by atoms with Crippen molar-refractivity contribution in [2.45, 2.75) is 31.7 Å². The molecule has 1 N–H and O–H groups in total. The van der Waals surface area contributed by atoms with E-state index in [1.54, 1.807) is 22.7 Å². The average molecular weight is 343 g/mol. The highest BCUT2D eigenvalue weighted by Gasteiger charge is 2.21. The monoisotopic (exact) mass is 343 g/mol. The second-order valence-electron chi connectivity index (χ2n) is 5.70. The maximum Gasteiger partial charge on any atom is 0.228 e. The highest BCUT2D eigenvalue weighted by molar-refractivity contribution is 7.15. The quantitative estimate of drug-likeness (QED) is 0.758. The van der Waals surface area contributed by atoms with Crippen LogP contribution in [0.1, 0.15) is 35.0 Å². The molecule has 0 aromatic carbocycles. The molecule has 0 bridgehead atoms. The first kappa shape index (κ1) is 14.7. The molecule has 3 heterocycles. The number of hydrogen-bond donors (Lipinski definition) is 1. The summed E-state index contributed by atoms with van der Waals surface area (Å²) >= 11 is 3.28. The Hall–Kier alpha value is -1.92. The molecule has 23 heavy (non-hydrogen) atoms. The lowest BCUT2D eigenvalue weighted by Crippen LogP contribution is -2.19. The minimum atomic E-state index is 0.0160. The van der Waals surface area contributed by atoms with Crippen LogP contribution in [-0.4, -0.2) is 15.5 Å². The Morgan fingerprint density at radius 1 is 1.35 bits per heavy atom. The van der Waals surface area contributed by atoms with Gasteiger partial charge in [-0.1, -0.05) is 0 Å². The van der Waals surface area contributed by atoms with Crippen LogP contribution in [0.15, 0.2) is 41.4 Å². The Bertz CT molecular complexity index is 734. The van der Waals surface area contributed by atoms with Crippen LogP contribution in [0.5, 0.6) is 0 Å². The van der Waals surface area contributed by atoms with E-state index in [4.69, 9.17) is 0 Å². The van der Waals surface area contributed by atoms with E-state index in [9.17, 15) is 4.79 Å². The number of thiophene rings is 1. The topological polar surface area (TPSA) is 46.9 Å². The molecule has 1 aliphatic carbocycles. The summed E-state index contributed by atoms with van der Waals surface area (Å²) in [6, 6.07) is 6.09. The molecule has 0 saturated heterocycles. The van der Waals surface area contributed by atoms with E-state index in [-0.39, 0.29) is 11.9 Å². The zero-order chi connectivity index (χ0) is 15.6. The van der Waals surface area contributed by atoms with Crippen LogP contribution >= 0.6 is 22.7 Å². The Kier molecular flexibility index (Phi) is 4.01. The number of nitrogens with one attached hydrogen (secondary N) is 1. The zero-order valence-corrected chi connectivity index (χ0v) is 14.2. The Balaban J connectivity index is 1.49. The molecule has 0 aliphatic heterocycles. The molecular weight excluding hydrogens is 326 g/mol. The average Bonchev–Trinajstić information content (AvgIpc) is 3.28. The number of hydrogen-bond acceptors (Lipinski definition) is 4. The Labute approximate surface area is 142 Å². The standard InChI is InChI=1S/C17H17N3OS2/c21-16(19-17-18-13-4-3-5-15(13)23-17)10-14(12-6-9-22-11-12)20-7-1-2-8-20/h1-2,6-9,11,14H,3-5,10H2,(H,18,19,21). The van der Waals surface area contributed by atoms with Gasteiger partial charge in [0.15, 0.2) is 5.13 Å². The number of carbonyl (C=O) groups excluding carboxylic acids is 1. The minimum absolute atomic E-state index is 0.0160. The van der Waals surface area contributed by atoms with Crippen LogP contribution in [0.25, 0.3) is 0 Å². The second-order valence-corrected chi connectivity index (χ2v) is 7.56.